The Hall–Kier alpha value is -1.16. The lowest BCUT2D eigenvalue weighted by Crippen LogP contribution is -2.31. The molecule has 0 spiro atoms. The first-order valence-electron chi connectivity index (χ1n) is 6.29. The molecule has 0 aliphatic rings. The SMILES string of the molecule is C=C(C)CNCC(O)COC(C)c1ccccc1. The van der Waals surface area contributed by atoms with Gasteiger partial charge >= 0.3 is 0 Å². The largest absolute Gasteiger partial charge is 0.389 e. The van der Waals surface area contributed by atoms with Crippen LogP contribution in [0.1, 0.15) is 25.5 Å². The molecule has 3 nitrogen and oxygen atoms in total. The predicted molar refractivity (Wildman–Crippen MR) is 74.5 cm³/mol. The highest BCUT2D eigenvalue weighted by atomic mass is 16.5. The van der Waals surface area contributed by atoms with Crippen LogP contribution in [0.2, 0.25) is 0 Å². The monoisotopic (exact) mass is 249 g/mol. The molecule has 100 valence electrons. The van der Waals surface area contributed by atoms with E-state index < -0.39 is 6.10 Å². The quantitative estimate of drug-likeness (QED) is 0.695. The smallest absolute Gasteiger partial charge is 0.0898 e. The van der Waals surface area contributed by atoms with Crippen molar-refractivity contribution in [2.75, 3.05) is 19.7 Å². The first-order valence-corrected chi connectivity index (χ1v) is 6.29. The van der Waals surface area contributed by atoms with Gasteiger partial charge in [-0.25, -0.2) is 0 Å². The van der Waals surface area contributed by atoms with E-state index in [4.69, 9.17) is 4.74 Å². The number of aliphatic hydroxyl groups is 1. The molecular formula is C15H23NO2. The van der Waals surface area contributed by atoms with Crippen LogP contribution in [0.15, 0.2) is 42.5 Å². The highest BCUT2D eigenvalue weighted by Gasteiger charge is 2.09. The number of rotatable bonds is 8. The second-order valence-electron chi connectivity index (χ2n) is 4.63. The van der Waals surface area contributed by atoms with Gasteiger partial charge in [0.2, 0.25) is 0 Å². The number of hydrogen-bond acceptors (Lipinski definition) is 3. The summed E-state index contributed by atoms with van der Waals surface area (Å²) in [4.78, 5) is 0. The molecule has 0 aliphatic heterocycles. The number of hydrogen-bond donors (Lipinski definition) is 2. The maximum atomic E-state index is 9.74. The molecule has 0 amide bonds. The van der Waals surface area contributed by atoms with E-state index in [1.165, 1.54) is 0 Å². The molecule has 1 aromatic rings. The van der Waals surface area contributed by atoms with E-state index in [-0.39, 0.29) is 6.10 Å². The third-order valence-electron chi connectivity index (χ3n) is 2.61. The molecule has 0 fully saturated rings. The molecule has 0 aromatic heterocycles. The summed E-state index contributed by atoms with van der Waals surface area (Å²) < 4.78 is 5.63. The van der Waals surface area contributed by atoms with Crippen LogP contribution in [0.25, 0.3) is 0 Å². The van der Waals surface area contributed by atoms with Crippen molar-refractivity contribution in [1.29, 1.82) is 0 Å². The molecule has 0 saturated carbocycles. The summed E-state index contributed by atoms with van der Waals surface area (Å²) in [5.41, 5.74) is 2.18. The van der Waals surface area contributed by atoms with Gasteiger partial charge in [0.25, 0.3) is 0 Å². The van der Waals surface area contributed by atoms with E-state index >= 15 is 0 Å². The van der Waals surface area contributed by atoms with Gasteiger partial charge in [-0.1, -0.05) is 42.5 Å². The summed E-state index contributed by atoms with van der Waals surface area (Å²) >= 11 is 0. The molecule has 0 saturated heterocycles. The van der Waals surface area contributed by atoms with Crippen LogP contribution in [0.4, 0.5) is 0 Å². The summed E-state index contributed by atoms with van der Waals surface area (Å²) in [5.74, 6) is 0. The zero-order valence-corrected chi connectivity index (χ0v) is 11.2. The summed E-state index contributed by atoms with van der Waals surface area (Å²) in [5, 5.41) is 12.9. The number of nitrogens with one attached hydrogen (secondary N) is 1. The average Bonchev–Trinajstić information content (AvgIpc) is 2.36. The Morgan fingerprint density at radius 1 is 1.39 bits per heavy atom. The second kappa shape index (κ2) is 8.03. The fourth-order valence-electron chi connectivity index (χ4n) is 1.59. The van der Waals surface area contributed by atoms with E-state index in [1.54, 1.807) is 0 Å². The standard InChI is InChI=1S/C15H23NO2/c1-12(2)9-16-10-15(17)11-18-13(3)14-7-5-4-6-8-14/h4-8,13,15-17H,1,9-11H2,2-3H3. The molecule has 0 radical (unpaired) electrons. The number of aliphatic hydroxyl groups excluding tert-OH is 1. The maximum Gasteiger partial charge on any atom is 0.0898 e. The molecule has 0 aliphatic carbocycles. The third kappa shape index (κ3) is 5.96. The van der Waals surface area contributed by atoms with E-state index in [0.29, 0.717) is 13.2 Å². The Bertz CT molecular complexity index is 351. The lowest BCUT2D eigenvalue weighted by Gasteiger charge is -2.17. The van der Waals surface area contributed by atoms with Crippen LogP contribution >= 0.6 is 0 Å². The Kier molecular flexibility index (Phi) is 6.65. The summed E-state index contributed by atoms with van der Waals surface area (Å²) in [6, 6.07) is 10.00. The van der Waals surface area contributed by atoms with Crippen molar-refractivity contribution in [3.8, 4) is 0 Å². The van der Waals surface area contributed by atoms with Gasteiger partial charge in [-0.3, -0.25) is 0 Å². The predicted octanol–water partition coefficient (Wildman–Crippen LogP) is 2.29. The van der Waals surface area contributed by atoms with Gasteiger partial charge in [0.15, 0.2) is 0 Å². The van der Waals surface area contributed by atoms with Gasteiger partial charge in [0.1, 0.15) is 0 Å². The molecule has 2 atom stereocenters. The van der Waals surface area contributed by atoms with Crippen LogP contribution in [0, 0.1) is 0 Å². The Labute approximate surface area is 109 Å². The van der Waals surface area contributed by atoms with Crippen LogP contribution in [-0.2, 0) is 4.74 Å². The van der Waals surface area contributed by atoms with Crippen molar-refractivity contribution in [1.82, 2.24) is 5.32 Å². The van der Waals surface area contributed by atoms with Gasteiger partial charge in [-0.2, -0.15) is 0 Å². The van der Waals surface area contributed by atoms with Gasteiger partial charge < -0.3 is 15.2 Å². The molecule has 0 heterocycles. The molecule has 3 heteroatoms. The Morgan fingerprint density at radius 2 is 2.06 bits per heavy atom. The molecular weight excluding hydrogens is 226 g/mol. The van der Waals surface area contributed by atoms with Gasteiger partial charge in [0.05, 0.1) is 18.8 Å². The first kappa shape index (κ1) is 14.9. The van der Waals surface area contributed by atoms with E-state index in [1.807, 2.05) is 44.2 Å². The van der Waals surface area contributed by atoms with Crippen molar-refractivity contribution in [3.05, 3.63) is 48.0 Å². The highest BCUT2D eigenvalue weighted by molar-refractivity contribution is 5.16. The summed E-state index contributed by atoms with van der Waals surface area (Å²) in [7, 11) is 0. The first-order chi connectivity index (χ1) is 8.59. The van der Waals surface area contributed by atoms with Gasteiger partial charge in [-0.15, -0.1) is 0 Å². The van der Waals surface area contributed by atoms with Gasteiger partial charge in [-0.05, 0) is 19.4 Å². The number of ether oxygens (including phenoxy) is 1. The van der Waals surface area contributed by atoms with Crippen LogP contribution in [-0.4, -0.2) is 30.9 Å². The van der Waals surface area contributed by atoms with E-state index in [9.17, 15) is 5.11 Å². The molecule has 18 heavy (non-hydrogen) atoms. The lowest BCUT2D eigenvalue weighted by molar-refractivity contribution is -0.00175. The van der Waals surface area contributed by atoms with Crippen LogP contribution in [0.5, 0.6) is 0 Å². The molecule has 1 aromatic carbocycles. The fourth-order valence-corrected chi connectivity index (χ4v) is 1.59. The minimum Gasteiger partial charge on any atom is -0.389 e. The van der Waals surface area contributed by atoms with Crippen molar-refractivity contribution >= 4 is 0 Å². The fraction of sp³-hybridized carbons (Fsp3) is 0.467. The maximum absolute atomic E-state index is 9.74. The molecule has 1 rings (SSSR count). The van der Waals surface area contributed by atoms with E-state index in [0.717, 1.165) is 17.7 Å². The van der Waals surface area contributed by atoms with Crippen LogP contribution < -0.4 is 5.32 Å². The van der Waals surface area contributed by atoms with Crippen molar-refractivity contribution in [2.45, 2.75) is 26.1 Å². The Balaban J connectivity index is 2.22. The van der Waals surface area contributed by atoms with Crippen molar-refractivity contribution in [3.63, 3.8) is 0 Å². The average molecular weight is 249 g/mol. The minimum absolute atomic E-state index is 0.00184. The van der Waals surface area contributed by atoms with Crippen molar-refractivity contribution < 1.29 is 9.84 Å². The zero-order valence-electron chi connectivity index (χ0n) is 11.2. The summed E-state index contributed by atoms with van der Waals surface area (Å²) in [6.45, 7) is 9.31. The zero-order chi connectivity index (χ0) is 13.4. The highest BCUT2D eigenvalue weighted by Crippen LogP contribution is 2.15. The molecule has 2 unspecified atom stereocenters. The van der Waals surface area contributed by atoms with Crippen LogP contribution in [0.3, 0.4) is 0 Å². The van der Waals surface area contributed by atoms with Crippen molar-refractivity contribution in [2.24, 2.45) is 0 Å². The summed E-state index contributed by atoms with van der Waals surface area (Å²) in [6.07, 6.45) is -0.488. The van der Waals surface area contributed by atoms with Gasteiger partial charge in [0, 0.05) is 13.1 Å². The topological polar surface area (TPSA) is 41.5 Å². The molecule has 0 bridgehead atoms. The van der Waals surface area contributed by atoms with E-state index in [2.05, 4.69) is 11.9 Å². The normalized spacial score (nSPS) is 14.2. The number of benzene rings is 1. The minimum atomic E-state index is -0.490. The third-order valence-corrected chi connectivity index (χ3v) is 2.61. The second-order valence-corrected chi connectivity index (χ2v) is 4.63. The lowest BCUT2D eigenvalue weighted by atomic mass is 10.1. The molecule has 2 N–H and O–H groups in total. The Morgan fingerprint density at radius 3 is 2.67 bits per heavy atom.